The normalized spacial score (nSPS) is 15.4. The van der Waals surface area contributed by atoms with E-state index >= 15 is 0 Å². The van der Waals surface area contributed by atoms with Gasteiger partial charge in [0.2, 0.25) is 11.9 Å². The number of anilines is 4. The van der Waals surface area contributed by atoms with Crippen LogP contribution in [0.2, 0.25) is 25.7 Å². The molecule has 8 rings (SSSR count). The Morgan fingerprint density at radius 2 is 1.18 bits per heavy atom. The molecule has 17 nitrogen and oxygen atoms in total. The smallest absolute Gasteiger partial charge is 0.298 e. The van der Waals surface area contributed by atoms with Gasteiger partial charge in [-0.25, -0.2) is 31.3 Å². The Hall–Kier alpha value is -3.47. The first-order valence-corrected chi connectivity index (χ1v) is 33.4. The van der Waals surface area contributed by atoms with Crippen LogP contribution in [0.15, 0.2) is 22.4 Å². The van der Waals surface area contributed by atoms with Gasteiger partial charge in [0, 0.05) is 87.1 Å². The van der Waals surface area contributed by atoms with E-state index in [1.165, 1.54) is 49.2 Å². The quantitative estimate of drug-likeness (QED) is 0.0302. The minimum atomic E-state index is -4.03. The molecule has 2 aromatic heterocycles. The molecule has 4 aliphatic rings. The summed E-state index contributed by atoms with van der Waals surface area (Å²) in [5.41, 5.74) is 18.6. The largest absolute Gasteiger partial charge is 0.359 e. The molecule has 21 heteroatoms. The van der Waals surface area contributed by atoms with E-state index in [0.29, 0.717) is 55.8 Å². The number of aryl methyl sites for hydroxylation is 4. The number of aromatic amines is 1. The molecule has 0 atom stereocenters. The van der Waals surface area contributed by atoms with Crippen LogP contribution in [-0.2, 0) is 81.9 Å². The molecule has 2 heterocycles. The van der Waals surface area contributed by atoms with Crippen molar-refractivity contribution in [2.24, 2.45) is 5.73 Å². The lowest BCUT2D eigenvalue weighted by Crippen LogP contribution is -2.42. The second kappa shape index (κ2) is 24.7. The van der Waals surface area contributed by atoms with Crippen molar-refractivity contribution < 1.29 is 21.6 Å². The van der Waals surface area contributed by atoms with Gasteiger partial charge in [0.25, 0.3) is 29.4 Å². The van der Waals surface area contributed by atoms with E-state index in [1.54, 1.807) is 0 Å². The summed E-state index contributed by atoms with van der Waals surface area (Å²) in [6, 6.07) is 7.66. The van der Waals surface area contributed by atoms with Gasteiger partial charge in [0.05, 0.1) is 0 Å². The number of hydrogen-bond acceptors (Lipinski definition) is 14. The van der Waals surface area contributed by atoms with Crippen molar-refractivity contribution in [3.05, 3.63) is 56.6 Å². The highest BCUT2D eigenvalue weighted by atomic mass is 35.7. The van der Waals surface area contributed by atoms with Crippen molar-refractivity contribution in [3.63, 3.8) is 0 Å². The zero-order valence-corrected chi connectivity index (χ0v) is 47.7. The number of sulfonamides is 1. The molecule has 0 unspecified atom stereocenters. The standard InChI is InChI=1S/C22H34N6O2S.C20H29ClN4O3SSi.C8H20N2/c1-14(2)28(15(3)4)12-11-23-31(29,30)22-25-21(26-27-22)24-20-18-9-5-7-16(18)13-17-8-6-10-19(17)20;1-30(2,3)11-10-28-13-25-19(23-20(24-25)29(21,26)27)22-18-16-8-4-6-14(16)12-15-7-5-9-17(15)18;1-7(2)10(6-5-9)8(3)4/h13-15,23H,5-12H2,1-4H3,(H2,24,25,26,27);12H,4-11,13H2,1-3H3,(H,22,23,24);7-8H,5-6,9H2,1-4H3. The average Bonchev–Trinajstić information content (AvgIpc) is 4.14. The summed E-state index contributed by atoms with van der Waals surface area (Å²) in [6.07, 6.45) is 13.1. The van der Waals surface area contributed by atoms with Gasteiger partial charge in [0.1, 0.15) is 6.73 Å². The van der Waals surface area contributed by atoms with Crippen molar-refractivity contribution in [2.45, 2.75) is 199 Å². The minimum Gasteiger partial charge on any atom is -0.359 e. The Morgan fingerprint density at radius 1 is 0.718 bits per heavy atom. The van der Waals surface area contributed by atoms with Crippen LogP contribution in [0, 0.1) is 0 Å². The fourth-order valence-corrected chi connectivity index (χ4v) is 12.7. The van der Waals surface area contributed by atoms with Gasteiger partial charge >= 0.3 is 0 Å². The summed E-state index contributed by atoms with van der Waals surface area (Å²) in [4.78, 5) is 13.1. The third-order valence-corrected chi connectivity index (χ3v) is 17.9. The van der Waals surface area contributed by atoms with Crippen LogP contribution in [0.25, 0.3) is 0 Å². The molecule has 0 radical (unpaired) electrons. The number of fused-ring (bicyclic) bond motifs is 4. The summed E-state index contributed by atoms with van der Waals surface area (Å²) in [6.45, 7) is 27.6. The number of aromatic nitrogens is 6. The summed E-state index contributed by atoms with van der Waals surface area (Å²) in [7, 11) is -3.48. The van der Waals surface area contributed by atoms with Crippen LogP contribution >= 0.6 is 10.7 Å². The molecule has 6 N–H and O–H groups in total. The maximum Gasteiger partial charge on any atom is 0.298 e. The highest BCUT2D eigenvalue weighted by molar-refractivity contribution is 8.13. The summed E-state index contributed by atoms with van der Waals surface area (Å²) in [5, 5.41) is 17.1. The number of nitrogens with one attached hydrogen (secondary N) is 4. The number of benzene rings is 2. The molecule has 0 fully saturated rings. The topological polar surface area (TPSA) is 218 Å². The first-order chi connectivity index (χ1) is 33.5. The Bertz CT molecular complexity index is 2570. The maximum atomic E-state index is 12.7. The van der Waals surface area contributed by atoms with Gasteiger partial charge in [-0.15, -0.1) is 10.2 Å². The number of ether oxygens (including phenoxy) is 1. The van der Waals surface area contributed by atoms with E-state index in [9.17, 15) is 16.8 Å². The molecule has 0 saturated carbocycles. The maximum absolute atomic E-state index is 12.7. The van der Waals surface area contributed by atoms with Gasteiger partial charge in [-0.3, -0.25) is 9.80 Å². The van der Waals surface area contributed by atoms with Gasteiger partial charge < -0.3 is 21.1 Å². The van der Waals surface area contributed by atoms with Crippen LogP contribution in [0.5, 0.6) is 0 Å². The van der Waals surface area contributed by atoms with Crippen LogP contribution in [0.3, 0.4) is 0 Å². The predicted octanol–water partition coefficient (Wildman–Crippen LogP) is 8.23. The summed E-state index contributed by atoms with van der Waals surface area (Å²) < 4.78 is 59.0. The van der Waals surface area contributed by atoms with Crippen molar-refractivity contribution >= 4 is 61.1 Å². The lowest BCUT2D eigenvalue weighted by Gasteiger charge is -2.30. The number of H-pyrrole nitrogens is 1. The van der Waals surface area contributed by atoms with Crippen molar-refractivity contribution in [3.8, 4) is 0 Å². The van der Waals surface area contributed by atoms with E-state index in [4.69, 9.17) is 21.2 Å². The SMILES string of the molecule is CC(C)N(CCN)C(C)C.CC(C)N(CCNS(=O)(=O)c1nc(Nc2c3c(cc4c2CCC4)CCC3)n[nH]1)C(C)C.C[Si](C)(C)CCOCn1nc(S(=O)(=O)Cl)nc1Nc1c2c(cc3c1CCC3)CCC2. The molecule has 0 spiro atoms. The zero-order chi connectivity index (χ0) is 51.8. The van der Waals surface area contributed by atoms with Crippen molar-refractivity contribution in [2.75, 3.05) is 43.4 Å². The summed E-state index contributed by atoms with van der Waals surface area (Å²) >= 11 is 0. The lowest BCUT2D eigenvalue weighted by molar-refractivity contribution is 0.0792. The number of nitrogens with two attached hydrogens (primary N) is 1. The molecule has 0 amide bonds. The van der Waals surface area contributed by atoms with Crippen LogP contribution in [0.4, 0.5) is 23.3 Å². The fraction of sp³-hybridized carbons (Fsp3) is 0.680. The molecule has 0 bridgehead atoms. The molecule has 396 valence electrons. The first kappa shape index (κ1) is 56.8. The van der Waals surface area contributed by atoms with Gasteiger partial charge in [-0.1, -0.05) is 31.8 Å². The van der Waals surface area contributed by atoms with Gasteiger partial charge in [-0.2, -0.15) is 9.97 Å². The molecule has 0 saturated heterocycles. The Balaban J connectivity index is 0.000000196. The van der Waals surface area contributed by atoms with Crippen LogP contribution in [-0.4, -0.2) is 122 Å². The molecular formula is C50H83ClN12O5S2Si. The van der Waals surface area contributed by atoms with E-state index in [1.807, 2.05) is 0 Å². The lowest BCUT2D eigenvalue weighted by atomic mass is 9.99. The predicted molar refractivity (Wildman–Crippen MR) is 289 cm³/mol. The number of rotatable bonds is 21. The third kappa shape index (κ3) is 15.1. The highest BCUT2D eigenvalue weighted by Gasteiger charge is 2.29. The van der Waals surface area contributed by atoms with Crippen LogP contribution in [0.1, 0.15) is 126 Å². The Morgan fingerprint density at radius 3 is 1.61 bits per heavy atom. The fourth-order valence-electron chi connectivity index (χ4n) is 10.5. The summed E-state index contributed by atoms with van der Waals surface area (Å²) in [5.74, 6) is 0.664. The number of hydrogen-bond donors (Lipinski definition) is 5. The number of nitrogens with zero attached hydrogens (tertiary/aromatic N) is 7. The highest BCUT2D eigenvalue weighted by Crippen LogP contribution is 2.41. The average molecular weight is 1060 g/mol. The minimum absolute atomic E-state index is 0.128. The van der Waals surface area contributed by atoms with Gasteiger partial charge in [-0.05, 0) is 183 Å². The molecule has 0 aliphatic heterocycles. The molecular weight excluding hydrogens is 976 g/mol. The zero-order valence-electron chi connectivity index (χ0n) is 44.3. The third-order valence-electron chi connectivity index (χ3n) is 13.9. The van der Waals surface area contributed by atoms with E-state index < -0.39 is 32.3 Å². The van der Waals surface area contributed by atoms with Gasteiger partial charge in [0.15, 0.2) is 0 Å². The molecule has 4 aliphatic carbocycles. The van der Waals surface area contributed by atoms with E-state index in [-0.39, 0.29) is 11.9 Å². The second-order valence-electron chi connectivity index (χ2n) is 21.7. The van der Waals surface area contributed by atoms with Crippen LogP contribution < -0.4 is 21.1 Å². The molecule has 4 aromatic rings. The van der Waals surface area contributed by atoms with Crippen molar-refractivity contribution in [1.29, 1.82) is 0 Å². The Kier molecular flexibility index (Phi) is 19.8. The monoisotopic (exact) mass is 1060 g/mol. The van der Waals surface area contributed by atoms with E-state index in [2.05, 4.69) is 138 Å². The first-order valence-electron chi connectivity index (χ1n) is 25.9. The number of halogens is 1. The van der Waals surface area contributed by atoms with E-state index in [0.717, 1.165) is 108 Å². The molecule has 2 aromatic carbocycles. The second-order valence-corrected chi connectivity index (χ2v) is 31.5. The Labute approximate surface area is 430 Å². The molecule has 71 heavy (non-hydrogen) atoms. The van der Waals surface area contributed by atoms with Crippen molar-refractivity contribution in [1.82, 2.24) is 44.5 Å².